The molecule has 0 aliphatic heterocycles. The van der Waals surface area contributed by atoms with Gasteiger partial charge in [-0.2, -0.15) is 0 Å². The van der Waals surface area contributed by atoms with Gasteiger partial charge in [-0.05, 0) is 25.1 Å². The summed E-state index contributed by atoms with van der Waals surface area (Å²) in [5.74, 6) is 0.505. The van der Waals surface area contributed by atoms with Crippen LogP contribution in [0.25, 0.3) is 0 Å². The third-order valence-electron chi connectivity index (χ3n) is 1.97. The van der Waals surface area contributed by atoms with Crippen molar-refractivity contribution in [2.75, 3.05) is 11.1 Å². The number of pyridine rings is 2. The Morgan fingerprint density at radius 3 is 2.40 bits per heavy atom. The second kappa shape index (κ2) is 3.96. The molecule has 0 amide bonds. The Labute approximate surface area is 88.2 Å². The Morgan fingerprint density at radius 2 is 1.73 bits per heavy atom. The van der Waals surface area contributed by atoms with Gasteiger partial charge in [0.1, 0.15) is 5.82 Å². The molecule has 2 aromatic heterocycles. The molecule has 3 N–H and O–H groups in total. The zero-order chi connectivity index (χ0) is 10.7. The number of aryl methyl sites for hydroxylation is 1. The maximum atomic E-state index is 5.58. The lowest BCUT2D eigenvalue weighted by molar-refractivity contribution is 1.20. The van der Waals surface area contributed by atoms with E-state index in [9.17, 15) is 0 Å². The average Bonchev–Trinajstić information content (AvgIpc) is 2.17. The summed E-state index contributed by atoms with van der Waals surface area (Å²) in [6, 6.07) is 7.53. The third-order valence-corrected chi connectivity index (χ3v) is 1.97. The van der Waals surface area contributed by atoms with Crippen molar-refractivity contribution in [1.82, 2.24) is 9.97 Å². The highest BCUT2D eigenvalue weighted by molar-refractivity contribution is 5.61. The fraction of sp³-hybridized carbons (Fsp3) is 0.0909. The van der Waals surface area contributed by atoms with E-state index in [-0.39, 0.29) is 0 Å². The molecule has 4 heteroatoms. The molecule has 0 bridgehead atoms. The van der Waals surface area contributed by atoms with Crippen LogP contribution in [0.2, 0.25) is 0 Å². The van der Waals surface area contributed by atoms with Gasteiger partial charge in [-0.3, -0.25) is 4.98 Å². The number of nitrogens with one attached hydrogen (secondary N) is 1. The standard InChI is InChI=1S/C11H12N4/c1-8-6-9(2-4-13-8)15-10-3-5-14-11(12)7-10/h2-7H,1H3,(H3,12,13,14,15). The van der Waals surface area contributed by atoms with Crippen LogP contribution in [-0.4, -0.2) is 9.97 Å². The van der Waals surface area contributed by atoms with Crippen LogP contribution >= 0.6 is 0 Å². The van der Waals surface area contributed by atoms with E-state index in [1.165, 1.54) is 0 Å². The Morgan fingerprint density at radius 1 is 1.07 bits per heavy atom. The Hall–Kier alpha value is -2.10. The van der Waals surface area contributed by atoms with Gasteiger partial charge in [-0.25, -0.2) is 4.98 Å². The number of anilines is 3. The first-order valence-electron chi connectivity index (χ1n) is 4.65. The number of nitrogens with two attached hydrogens (primary N) is 1. The summed E-state index contributed by atoms with van der Waals surface area (Å²) in [6.45, 7) is 1.95. The highest BCUT2D eigenvalue weighted by atomic mass is 14.9. The van der Waals surface area contributed by atoms with Gasteiger partial charge in [0.05, 0.1) is 0 Å². The molecule has 76 valence electrons. The summed E-state index contributed by atoms with van der Waals surface area (Å²) in [7, 11) is 0. The Bertz CT molecular complexity index is 424. The first-order valence-corrected chi connectivity index (χ1v) is 4.65. The number of hydrogen-bond donors (Lipinski definition) is 2. The molecule has 0 aliphatic carbocycles. The number of nitrogens with zero attached hydrogens (tertiary/aromatic N) is 2. The van der Waals surface area contributed by atoms with Crippen LogP contribution in [0, 0.1) is 6.92 Å². The fourth-order valence-electron chi connectivity index (χ4n) is 1.32. The van der Waals surface area contributed by atoms with E-state index in [4.69, 9.17) is 5.73 Å². The zero-order valence-corrected chi connectivity index (χ0v) is 8.44. The summed E-state index contributed by atoms with van der Waals surface area (Å²) in [4.78, 5) is 8.05. The first kappa shape index (κ1) is 9.45. The molecule has 0 radical (unpaired) electrons. The predicted molar refractivity (Wildman–Crippen MR) is 60.9 cm³/mol. The lowest BCUT2D eigenvalue weighted by Crippen LogP contribution is -1.94. The minimum atomic E-state index is 0.505. The molecular formula is C11H12N4. The SMILES string of the molecule is Cc1cc(Nc2ccnc(N)c2)ccn1. The van der Waals surface area contributed by atoms with Gasteiger partial charge in [0.2, 0.25) is 0 Å². The summed E-state index contributed by atoms with van der Waals surface area (Å²) in [5.41, 5.74) is 8.47. The molecule has 0 aromatic carbocycles. The summed E-state index contributed by atoms with van der Waals surface area (Å²) >= 11 is 0. The quantitative estimate of drug-likeness (QED) is 0.779. The van der Waals surface area contributed by atoms with E-state index in [1.54, 1.807) is 18.5 Å². The van der Waals surface area contributed by atoms with Crippen molar-refractivity contribution >= 4 is 17.2 Å². The largest absolute Gasteiger partial charge is 0.384 e. The maximum Gasteiger partial charge on any atom is 0.125 e. The van der Waals surface area contributed by atoms with Crippen molar-refractivity contribution in [2.45, 2.75) is 6.92 Å². The van der Waals surface area contributed by atoms with Crippen molar-refractivity contribution < 1.29 is 0 Å². The molecule has 0 saturated heterocycles. The minimum Gasteiger partial charge on any atom is -0.384 e. The average molecular weight is 200 g/mol. The van der Waals surface area contributed by atoms with Crippen LogP contribution in [0.5, 0.6) is 0 Å². The van der Waals surface area contributed by atoms with Crippen LogP contribution in [-0.2, 0) is 0 Å². The topological polar surface area (TPSA) is 63.8 Å². The number of rotatable bonds is 2. The fourth-order valence-corrected chi connectivity index (χ4v) is 1.32. The van der Waals surface area contributed by atoms with E-state index in [1.807, 2.05) is 25.1 Å². The normalized spacial score (nSPS) is 9.93. The van der Waals surface area contributed by atoms with E-state index >= 15 is 0 Å². The van der Waals surface area contributed by atoms with Crippen LogP contribution in [0.3, 0.4) is 0 Å². The van der Waals surface area contributed by atoms with Crippen LogP contribution in [0.1, 0.15) is 5.69 Å². The zero-order valence-electron chi connectivity index (χ0n) is 8.44. The lowest BCUT2D eigenvalue weighted by Gasteiger charge is -2.06. The van der Waals surface area contributed by atoms with Gasteiger partial charge in [0, 0.05) is 35.5 Å². The van der Waals surface area contributed by atoms with Crippen LogP contribution in [0.15, 0.2) is 36.7 Å². The molecule has 0 unspecified atom stereocenters. The summed E-state index contributed by atoms with van der Waals surface area (Å²) < 4.78 is 0. The predicted octanol–water partition coefficient (Wildman–Crippen LogP) is 2.11. The van der Waals surface area contributed by atoms with E-state index in [2.05, 4.69) is 15.3 Å². The lowest BCUT2D eigenvalue weighted by atomic mass is 10.3. The Kier molecular flexibility index (Phi) is 2.49. The van der Waals surface area contributed by atoms with Crippen molar-refractivity contribution in [1.29, 1.82) is 0 Å². The van der Waals surface area contributed by atoms with Gasteiger partial charge < -0.3 is 11.1 Å². The monoisotopic (exact) mass is 200 g/mol. The molecule has 0 spiro atoms. The highest BCUT2D eigenvalue weighted by Gasteiger charge is 1.96. The molecule has 15 heavy (non-hydrogen) atoms. The molecule has 2 heterocycles. The number of aromatic nitrogens is 2. The van der Waals surface area contributed by atoms with E-state index in [0.29, 0.717) is 5.82 Å². The molecule has 0 aliphatic rings. The minimum absolute atomic E-state index is 0.505. The maximum absolute atomic E-state index is 5.58. The van der Waals surface area contributed by atoms with Gasteiger partial charge in [-0.15, -0.1) is 0 Å². The van der Waals surface area contributed by atoms with Gasteiger partial charge >= 0.3 is 0 Å². The smallest absolute Gasteiger partial charge is 0.125 e. The molecule has 0 saturated carbocycles. The second-order valence-electron chi connectivity index (χ2n) is 3.28. The van der Waals surface area contributed by atoms with Crippen LogP contribution in [0.4, 0.5) is 17.2 Å². The third kappa shape index (κ3) is 2.43. The van der Waals surface area contributed by atoms with Gasteiger partial charge in [0.15, 0.2) is 0 Å². The highest BCUT2D eigenvalue weighted by Crippen LogP contribution is 2.16. The number of hydrogen-bond acceptors (Lipinski definition) is 4. The summed E-state index contributed by atoms with van der Waals surface area (Å²) in [6.07, 6.45) is 3.44. The van der Waals surface area contributed by atoms with E-state index in [0.717, 1.165) is 17.1 Å². The van der Waals surface area contributed by atoms with Crippen molar-refractivity contribution in [3.8, 4) is 0 Å². The molecular weight excluding hydrogens is 188 g/mol. The Balaban J connectivity index is 2.22. The second-order valence-corrected chi connectivity index (χ2v) is 3.28. The molecule has 2 aromatic rings. The van der Waals surface area contributed by atoms with Crippen molar-refractivity contribution in [2.24, 2.45) is 0 Å². The molecule has 0 fully saturated rings. The van der Waals surface area contributed by atoms with Crippen molar-refractivity contribution in [3.05, 3.63) is 42.4 Å². The van der Waals surface area contributed by atoms with Crippen molar-refractivity contribution in [3.63, 3.8) is 0 Å². The first-order chi connectivity index (χ1) is 7.24. The van der Waals surface area contributed by atoms with Gasteiger partial charge in [0.25, 0.3) is 0 Å². The summed E-state index contributed by atoms with van der Waals surface area (Å²) in [5, 5.41) is 3.23. The van der Waals surface area contributed by atoms with Crippen LogP contribution < -0.4 is 11.1 Å². The molecule has 4 nitrogen and oxygen atoms in total. The van der Waals surface area contributed by atoms with E-state index < -0.39 is 0 Å². The molecule has 2 rings (SSSR count). The molecule has 0 atom stereocenters. The number of nitrogen functional groups attached to an aromatic ring is 1. The van der Waals surface area contributed by atoms with Gasteiger partial charge in [-0.1, -0.05) is 0 Å².